The second-order valence-electron chi connectivity index (χ2n) is 9.41. The molecule has 9 heteroatoms. The number of amides is 2. The average Bonchev–Trinajstić information content (AvgIpc) is 3.65. The fourth-order valence-electron chi connectivity index (χ4n) is 4.78. The van der Waals surface area contributed by atoms with Crippen molar-refractivity contribution in [1.82, 2.24) is 14.9 Å². The number of nitrogens with two attached hydrogens (primary N) is 2. The molecule has 6 N–H and O–H groups in total. The number of fused-ring (bicyclic) bond motifs is 1. The van der Waals surface area contributed by atoms with Gasteiger partial charge in [-0.1, -0.05) is 18.9 Å². The van der Waals surface area contributed by atoms with Crippen LogP contribution in [-0.2, 0) is 17.8 Å². The summed E-state index contributed by atoms with van der Waals surface area (Å²) in [5, 5.41) is 6.57. The molecule has 0 radical (unpaired) electrons. The van der Waals surface area contributed by atoms with Gasteiger partial charge >= 0.3 is 0 Å². The molecule has 2 aliphatic carbocycles. The summed E-state index contributed by atoms with van der Waals surface area (Å²) in [6.45, 7) is 1.38. The maximum atomic E-state index is 12.5. The number of carbonyl (C=O) groups is 2. The van der Waals surface area contributed by atoms with Crippen LogP contribution in [-0.4, -0.2) is 45.3 Å². The summed E-state index contributed by atoms with van der Waals surface area (Å²) in [5.41, 5.74) is 15.2. The smallest absolute Gasteiger partial charge is 0.254 e. The molecule has 33 heavy (non-hydrogen) atoms. The molecule has 0 spiro atoms. The van der Waals surface area contributed by atoms with E-state index in [1.54, 1.807) is 0 Å². The van der Waals surface area contributed by atoms with Gasteiger partial charge in [0, 0.05) is 43.0 Å². The van der Waals surface area contributed by atoms with Crippen LogP contribution in [0.2, 0.25) is 0 Å². The van der Waals surface area contributed by atoms with E-state index in [0.717, 1.165) is 62.7 Å². The highest BCUT2D eigenvalue weighted by Crippen LogP contribution is 2.33. The number of hydrogen-bond donors (Lipinski definition) is 4. The van der Waals surface area contributed by atoms with Crippen LogP contribution in [0.25, 0.3) is 0 Å². The summed E-state index contributed by atoms with van der Waals surface area (Å²) in [6, 6.07) is 6.22. The molecule has 0 saturated heterocycles. The van der Waals surface area contributed by atoms with Crippen molar-refractivity contribution in [2.24, 2.45) is 17.4 Å². The molecule has 2 heterocycles. The molecule has 2 atom stereocenters. The van der Waals surface area contributed by atoms with Gasteiger partial charge in [0.2, 0.25) is 11.9 Å². The molecule has 174 valence electrons. The summed E-state index contributed by atoms with van der Waals surface area (Å²) >= 11 is 0. The minimum atomic E-state index is -0.599. The standard InChI is InChI=1S/C24H31N7O2/c25-19-3-1-2-4-20(19)29-24-27-12-18(21(26)32)22(30-24)28-17-8-7-14-9-10-31(13-16(14)11-17)23(33)15-5-6-15/h7-8,11-12,15,19-20H,1-6,9-10,13,25H2,(H2,26,32)(H2,27,28,29,30). The van der Waals surface area contributed by atoms with Crippen LogP contribution in [0.1, 0.15) is 60.0 Å². The van der Waals surface area contributed by atoms with Crippen LogP contribution in [0.15, 0.2) is 24.4 Å². The van der Waals surface area contributed by atoms with Crippen molar-refractivity contribution in [2.45, 2.75) is 63.6 Å². The van der Waals surface area contributed by atoms with Gasteiger partial charge in [-0.25, -0.2) is 4.98 Å². The Morgan fingerprint density at radius 2 is 1.91 bits per heavy atom. The summed E-state index contributed by atoms with van der Waals surface area (Å²) in [7, 11) is 0. The Bertz CT molecular complexity index is 1070. The van der Waals surface area contributed by atoms with Gasteiger partial charge in [0.15, 0.2) is 0 Å². The van der Waals surface area contributed by atoms with E-state index in [9.17, 15) is 9.59 Å². The number of rotatable bonds is 6. The van der Waals surface area contributed by atoms with Gasteiger partial charge in [-0.3, -0.25) is 9.59 Å². The highest BCUT2D eigenvalue weighted by molar-refractivity contribution is 5.98. The summed E-state index contributed by atoms with van der Waals surface area (Å²) < 4.78 is 0. The quantitative estimate of drug-likeness (QED) is 0.530. The zero-order chi connectivity index (χ0) is 22.9. The molecule has 5 rings (SSSR count). The third-order valence-electron chi connectivity index (χ3n) is 6.91. The van der Waals surface area contributed by atoms with Crippen molar-refractivity contribution in [3.8, 4) is 0 Å². The first-order valence-corrected chi connectivity index (χ1v) is 11.8. The molecule has 1 aromatic carbocycles. The largest absolute Gasteiger partial charge is 0.365 e. The van der Waals surface area contributed by atoms with Crippen molar-refractivity contribution in [3.63, 3.8) is 0 Å². The number of benzene rings is 1. The van der Waals surface area contributed by atoms with Crippen molar-refractivity contribution < 1.29 is 9.59 Å². The van der Waals surface area contributed by atoms with Crippen LogP contribution in [0, 0.1) is 5.92 Å². The highest BCUT2D eigenvalue weighted by Gasteiger charge is 2.34. The number of nitrogens with zero attached hydrogens (tertiary/aromatic N) is 3. The fraction of sp³-hybridized carbons (Fsp3) is 0.500. The fourth-order valence-corrected chi connectivity index (χ4v) is 4.78. The molecule has 1 aliphatic heterocycles. The van der Waals surface area contributed by atoms with Crippen molar-refractivity contribution in [2.75, 3.05) is 17.2 Å². The molecule has 3 aliphatic rings. The Morgan fingerprint density at radius 1 is 1.09 bits per heavy atom. The lowest BCUT2D eigenvalue weighted by Gasteiger charge is -2.30. The number of nitrogens with one attached hydrogen (secondary N) is 2. The molecule has 2 fully saturated rings. The van der Waals surface area contributed by atoms with Gasteiger partial charge < -0.3 is 27.0 Å². The predicted octanol–water partition coefficient (Wildman–Crippen LogP) is 2.30. The van der Waals surface area contributed by atoms with Crippen LogP contribution >= 0.6 is 0 Å². The first-order chi connectivity index (χ1) is 16.0. The molecule has 2 amide bonds. The van der Waals surface area contributed by atoms with Crippen LogP contribution in [0.5, 0.6) is 0 Å². The Labute approximate surface area is 193 Å². The van der Waals surface area contributed by atoms with E-state index in [0.29, 0.717) is 18.3 Å². The summed E-state index contributed by atoms with van der Waals surface area (Å²) in [6.07, 6.45) is 8.50. The maximum Gasteiger partial charge on any atom is 0.254 e. The lowest BCUT2D eigenvalue weighted by atomic mass is 9.91. The highest BCUT2D eigenvalue weighted by atomic mass is 16.2. The van der Waals surface area contributed by atoms with Gasteiger partial charge in [-0.15, -0.1) is 0 Å². The molecule has 2 saturated carbocycles. The van der Waals surface area contributed by atoms with E-state index in [2.05, 4.69) is 26.7 Å². The minimum Gasteiger partial charge on any atom is -0.365 e. The van der Waals surface area contributed by atoms with Crippen molar-refractivity contribution in [3.05, 3.63) is 41.1 Å². The Hall–Kier alpha value is -3.20. The van der Waals surface area contributed by atoms with Crippen molar-refractivity contribution >= 4 is 29.3 Å². The summed E-state index contributed by atoms with van der Waals surface area (Å²) in [4.78, 5) is 35.3. The normalized spacial score (nSPS) is 22.4. The monoisotopic (exact) mass is 449 g/mol. The third-order valence-corrected chi connectivity index (χ3v) is 6.91. The number of primary amides is 1. The van der Waals surface area contributed by atoms with E-state index in [1.807, 2.05) is 17.0 Å². The third kappa shape index (κ3) is 4.78. The average molecular weight is 450 g/mol. The minimum absolute atomic E-state index is 0.0523. The zero-order valence-corrected chi connectivity index (χ0v) is 18.7. The van der Waals surface area contributed by atoms with Crippen LogP contribution < -0.4 is 22.1 Å². The SMILES string of the molecule is NC(=O)c1cnc(NC2CCCCC2N)nc1Nc1ccc2c(c1)CN(C(=O)C1CC1)CC2. The van der Waals surface area contributed by atoms with E-state index < -0.39 is 5.91 Å². The Morgan fingerprint density at radius 3 is 2.67 bits per heavy atom. The maximum absolute atomic E-state index is 12.5. The Balaban J connectivity index is 1.36. The number of carbonyl (C=O) groups excluding carboxylic acids is 2. The lowest BCUT2D eigenvalue weighted by Crippen LogP contribution is -2.43. The molecule has 2 aromatic rings. The zero-order valence-electron chi connectivity index (χ0n) is 18.7. The topological polar surface area (TPSA) is 139 Å². The van der Waals surface area contributed by atoms with Gasteiger partial charge in [-0.2, -0.15) is 4.98 Å². The second-order valence-corrected chi connectivity index (χ2v) is 9.41. The van der Waals surface area contributed by atoms with Crippen LogP contribution in [0.3, 0.4) is 0 Å². The van der Waals surface area contributed by atoms with E-state index in [1.165, 1.54) is 11.8 Å². The first-order valence-electron chi connectivity index (χ1n) is 11.8. The number of hydrogen-bond acceptors (Lipinski definition) is 7. The van der Waals surface area contributed by atoms with Crippen molar-refractivity contribution in [1.29, 1.82) is 0 Å². The molecular formula is C24H31N7O2. The van der Waals surface area contributed by atoms with Gasteiger partial charge in [0.05, 0.1) is 0 Å². The predicted molar refractivity (Wildman–Crippen MR) is 126 cm³/mol. The molecular weight excluding hydrogens is 418 g/mol. The van der Waals surface area contributed by atoms with E-state index in [4.69, 9.17) is 11.5 Å². The van der Waals surface area contributed by atoms with Gasteiger partial charge in [0.1, 0.15) is 11.4 Å². The van der Waals surface area contributed by atoms with Gasteiger partial charge in [-0.05, 0) is 55.4 Å². The Kier molecular flexibility index (Phi) is 5.88. The molecule has 9 nitrogen and oxygen atoms in total. The van der Waals surface area contributed by atoms with E-state index >= 15 is 0 Å². The molecule has 1 aromatic heterocycles. The van der Waals surface area contributed by atoms with Crippen LogP contribution in [0.4, 0.5) is 17.5 Å². The molecule has 2 unspecified atom stereocenters. The first kappa shape index (κ1) is 21.6. The molecule has 0 bridgehead atoms. The lowest BCUT2D eigenvalue weighted by molar-refractivity contribution is -0.133. The number of anilines is 3. The van der Waals surface area contributed by atoms with E-state index in [-0.39, 0.29) is 29.5 Å². The summed E-state index contributed by atoms with van der Waals surface area (Å²) in [5.74, 6) is 0.658. The van der Waals surface area contributed by atoms with Gasteiger partial charge in [0.25, 0.3) is 5.91 Å². The second kappa shape index (κ2) is 8.97. The number of aromatic nitrogens is 2.